The second kappa shape index (κ2) is 8.26. The van der Waals surface area contributed by atoms with E-state index in [1.54, 1.807) is 34.9 Å². The zero-order valence-electron chi connectivity index (χ0n) is 18.8. The number of carbonyl (C=O) groups excluding carboxylic acids is 1. The van der Waals surface area contributed by atoms with Crippen LogP contribution in [-0.2, 0) is 10.4 Å². The first-order valence-corrected chi connectivity index (χ1v) is 12.0. The van der Waals surface area contributed by atoms with E-state index in [1.807, 2.05) is 54.0 Å². The van der Waals surface area contributed by atoms with E-state index in [1.165, 1.54) is 11.3 Å². The smallest absolute Gasteiger partial charge is 0.258 e. The Bertz CT molecular complexity index is 1560. The van der Waals surface area contributed by atoms with Gasteiger partial charge in [-0.25, -0.2) is 19.5 Å². The van der Waals surface area contributed by atoms with Crippen molar-refractivity contribution >= 4 is 34.4 Å². The zero-order chi connectivity index (χ0) is 24.0. The Morgan fingerprint density at radius 2 is 2.03 bits per heavy atom. The predicted octanol–water partition coefficient (Wildman–Crippen LogP) is 3.71. The summed E-state index contributed by atoms with van der Waals surface area (Å²) in [4.78, 5) is 27.8. The summed E-state index contributed by atoms with van der Waals surface area (Å²) >= 11 is 1.47. The summed E-state index contributed by atoms with van der Waals surface area (Å²) in [5, 5.41) is 21.3. The normalized spacial score (nSPS) is 17.9. The molecule has 1 unspecified atom stereocenters. The SMILES string of the molecule is CN1CCC(O)(c2cccc(-c3csc(-c4ccnc(Nc5cnn6ccccc56)n4)n3)c2)C1=O. The molecule has 0 aliphatic carbocycles. The van der Waals surface area contributed by atoms with Gasteiger partial charge >= 0.3 is 0 Å². The highest BCUT2D eigenvalue weighted by Crippen LogP contribution is 2.35. The van der Waals surface area contributed by atoms with Gasteiger partial charge in [0.2, 0.25) is 5.95 Å². The van der Waals surface area contributed by atoms with Gasteiger partial charge in [0.05, 0.1) is 23.1 Å². The topological polar surface area (TPSA) is 109 Å². The second-order valence-corrected chi connectivity index (χ2v) is 9.29. The minimum absolute atomic E-state index is 0.277. The van der Waals surface area contributed by atoms with Gasteiger partial charge in [0, 0.05) is 43.4 Å². The first kappa shape index (κ1) is 21.4. The van der Waals surface area contributed by atoms with Crippen LogP contribution in [0.3, 0.4) is 0 Å². The monoisotopic (exact) mass is 483 g/mol. The number of benzene rings is 1. The number of anilines is 2. The Labute approximate surface area is 204 Å². The van der Waals surface area contributed by atoms with Crippen molar-refractivity contribution in [3.05, 3.63) is 78.1 Å². The number of aromatic nitrogens is 5. The lowest BCUT2D eigenvalue weighted by Crippen LogP contribution is -2.36. The molecule has 0 bridgehead atoms. The molecule has 6 rings (SSSR count). The van der Waals surface area contributed by atoms with E-state index in [4.69, 9.17) is 4.98 Å². The average molecular weight is 484 g/mol. The molecule has 9 nitrogen and oxygen atoms in total. The molecule has 1 fully saturated rings. The van der Waals surface area contributed by atoms with Crippen molar-refractivity contribution < 1.29 is 9.90 Å². The Morgan fingerprint density at radius 1 is 1.11 bits per heavy atom. The Kier molecular flexibility index (Phi) is 5.05. The third kappa shape index (κ3) is 3.72. The minimum atomic E-state index is -1.49. The van der Waals surface area contributed by atoms with E-state index in [-0.39, 0.29) is 5.91 Å². The molecule has 1 saturated heterocycles. The maximum absolute atomic E-state index is 12.5. The molecule has 0 radical (unpaired) electrons. The van der Waals surface area contributed by atoms with Gasteiger partial charge in [-0.3, -0.25) is 4.79 Å². The summed E-state index contributed by atoms with van der Waals surface area (Å²) in [5.74, 6) is 0.173. The zero-order valence-corrected chi connectivity index (χ0v) is 19.6. The fourth-order valence-corrected chi connectivity index (χ4v) is 5.07. The summed E-state index contributed by atoms with van der Waals surface area (Å²) in [6.45, 7) is 0.528. The Balaban J connectivity index is 1.27. The molecular formula is C25H21N7O2S. The lowest BCUT2D eigenvalue weighted by Gasteiger charge is -2.21. The molecule has 1 aromatic carbocycles. The molecule has 1 aliphatic heterocycles. The number of pyridine rings is 1. The van der Waals surface area contributed by atoms with Crippen LogP contribution in [0, 0.1) is 0 Å². The molecule has 0 saturated carbocycles. The highest BCUT2D eigenvalue weighted by Gasteiger charge is 2.45. The summed E-state index contributed by atoms with van der Waals surface area (Å²) in [6, 6.07) is 15.0. The summed E-state index contributed by atoms with van der Waals surface area (Å²) < 4.78 is 1.78. The number of hydrogen-bond donors (Lipinski definition) is 2. The summed E-state index contributed by atoms with van der Waals surface area (Å²) in [5.41, 5.74) is 3.11. The highest BCUT2D eigenvalue weighted by molar-refractivity contribution is 7.13. The lowest BCUT2D eigenvalue weighted by molar-refractivity contribution is -0.143. The summed E-state index contributed by atoms with van der Waals surface area (Å²) in [6.07, 6.45) is 5.68. The van der Waals surface area contributed by atoms with Crippen LogP contribution in [0.4, 0.5) is 11.6 Å². The van der Waals surface area contributed by atoms with E-state index < -0.39 is 5.60 Å². The fourth-order valence-electron chi connectivity index (χ4n) is 4.27. The number of thiazole rings is 1. The molecule has 174 valence electrons. The van der Waals surface area contributed by atoms with E-state index in [9.17, 15) is 9.90 Å². The van der Waals surface area contributed by atoms with Crippen molar-refractivity contribution in [1.82, 2.24) is 29.5 Å². The molecule has 10 heteroatoms. The quantitative estimate of drug-likeness (QED) is 0.392. The van der Waals surface area contributed by atoms with Crippen molar-refractivity contribution in [2.45, 2.75) is 12.0 Å². The standard InChI is InChI=1S/C25H21N7O2S/c1-31-12-9-25(34,23(31)33)17-6-4-5-16(13-17)20-15-35-22(28-20)18-8-10-26-24(29-18)30-19-14-27-32-11-3-2-7-21(19)32/h2-8,10-11,13-15,34H,9,12H2,1H3,(H,26,29,30). The van der Waals surface area contributed by atoms with Crippen molar-refractivity contribution in [2.75, 3.05) is 18.9 Å². The molecule has 5 aromatic rings. The number of hydrogen-bond acceptors (Lipinski definition) is 8. The van der Waals surface area contributed by atoms with Crippen LogP contribution in [-0.4, -0.2) is 54.1 Å². The highest BCUT2D eigenvalue weighted by atomic mass is 32.1. The number of aliphatic hydroxyl groups is 1. The van der Waals surface area contributed by atoms with E-state index in [0.29, 0.717) is 30.2 Å². The molecule has 1 amide bonds. The first-order valence-electron chi connectivity index (χ1n) is 11.1. The van der Waals surface area contributed by atoms with Gasteiger partial charge in [-0.2, -0.15) is 5.10 Å². The molecular weight excluding hydrogens is 462 g/mol. The summed E-state index contributed by atoms with van der Waals surface area (Å²) in [7, 11) is 1.71. The van der Waals surface area contributed by atoms with Gasteiger partial charge in [0.25, 0.3) is 5.91 Å². The van der Waals surface area contributed by atoms with Gasteiger partial charge in [0.15, 0.2) is 5.60 Å². The number of amides is 1. The second-order valence-electron chi connectivity index (χ2n) is 8.43. The van der Waals surface area contributed by atoms with Crippen LogP contribution in [0.1, 0.15) is 12.0 Å². The van der Waals surface area contributed by atoms with E-state index in [2.05, 4.69) is 20.4 Å². The third-order valence-electron chi connectivity index (χ3n) is 6.20. The van der Waals surface area contributed by atoms with Gasteiger partial charge in [-0.15, -0.1) is 11.3 Å². The van der Waals surface area contributed by atoms with Crippen LogP contribution < -0.4 is 5.32 Å². The van der Waals surface area contributed by atoms with Crippen molar-refractivity contribution in [3.63, 3.8) is 0 Å². The number of likely N-dealkylation sites (tertiary alicyclic amines) is 1. The van der Waals surface area contributed by atoms with Gasteiger partial charge in [-0.1, -0.05) is 24.3 Å². The molecule has 1 aliphatic rings. The van der Waals surface area contributed by atoms with Crippen molar-refractivity contribution in [2.24, 2.45) is 0 Å². The number of carbonyl (C=O) groups is 1. The fraction of sp³-hybridized carbons (Fsp3) is 0.160. The predicted molar refractivity (Wildman–Crippen MR) is 133 cm³/mol. The maximum atomic E-state index is 12.5. The number of likely N-dealkylation sites (N-methyl/N-ethyl adjacent to an activating group) is 1. The number of nitrogens with zero attached hydrogens (tertiary/aromatic N) is 6. The first-order chi connectivity index (χ1) is 17.0. The van der Waals surface area contributed by atoms with E-state index in [0.717, 1.165) is 27.5 Å². The molecule has 0 spiro atoms. The van der Waals surface area contributed by atoms with Crippen LogP contribution in [0.15, 0.2) is 72.5 Å². The molecule has 4 aromatic heterocycles. The molecule has 5 heterocycles. The molecule has 35 heavy (non-hydrogen) atoms. The Hall–Kier alpha value is -4.15. The lowest BCUT2D eigenvalue weighted by atomic mass is 9.90. The van der Waals surface area contributed by atoms with Crippen LogP contribution in [0.5, 0.6) is 0 Å². The number of nitrogens with one attached hydrogen (secondary N) is 1. The van der Waals surface area contributed by atoms with E-state index >= 15 is 0 Å². The number of fused-ring (bicyclic) bond motifs is 1. The van der Waals surface area contributed by atoms with Gasteiger partial charge in [-0.05, 0) is 29.8 Å². The van der Waals surface area contributed by atoms with Crippen LogP contribution >= 0.6 is 11.3 Å². The van der Waals surface area contributed by atoms with Crippen molar-refractivity contribution in [1.29, 1.82) is 0 Å². The number of rotatable bonds is 5. The molecule has 1 atom stereocenters. The molecule has 2 N–H and O–H groups in total. The van der Waals surface area contributed by atoms with Crippen LogP contribution in [0.2, 0.25) is 0 Å². The van der Waals surface area contributed by atoms with Gasteiger partial charge in [0.1, 0.15) is 10.7 Å². The average Bonchev–Trinajstić information content (AvgIpc) is 3.61. The van der Waals surface area contributed by atoms with Crippen molar-refractivity contribution in [3.8, 4) is 22.0 Å². The maximum Gasteiger partial charge on any atom is 0.258 e. The Morgan fingerprint density at radius 3 is 2.89 bits per heavy atom. The largest absolute Gasteiger partial charge is 0.375 e. The van der Waals surface area contributed by atoms with Gasteiger partial charge < -0.3 is 15.3 Å². The van der Waals surface area contributed by atoms with Crippen LogP contribution in [0.25, 0.3) is 27.5 Å². The third-order valence-corrected chi connectivity index (χ3v) is 7.06. The minimum Gasteiger partial charge on any atom is -0.375 e.